The van der Waals surface area contributed by atoms with E-state index in [9.17, 15) is 4.79 Å². The van der Waals surface area contributed by atoms with E-state index in [1.54, 1.807) is 0 Å². The van der Waals surface area contributed by atoms with Gasteiger partial charge < -0.3 is 9.31 Å². The summed E-state index contributed by atoms with van der Waals surface area (Å²) >= 11 is 0. The van der Waals surface area contributed by atoms with Crippen LogP contribution in [0, 0.1) is 13.8 Å². The summed E-state index contributed by atoms with van der Waals surface area (Å²) in [6, 6.07) is 3.94. The molecule has 0 saturated carbocycles. The fourth-order valence-electron chi connectivity index (χ4n) is 2.31. The zero-order chi connectivity index (χ0) is 14.4. The van der Waals surface area contributed by atoms with Crippen LogP contribution in [0.4, 0.5) is 0 Å². The Morgan fingerprint density at radius 2 is 1.42 bits per heavy atom. The first-order valence-corrected chi connectivity index (χ1v) is 6.60. The van der Waals surface area contributed by atoms with Crippen LogP contribution in [0.2, 0.25) is 0 Å². The van der Waals surface area contributed by atoms with Crippen molar-refractivity contribution in [2.45, 2.75) is 52.7 Å². The zero-order valence-corrected chi connectivity index (χ0v) is 12.5. The van der Waals surface area contributed by atoms with Crippen LogP contribution in [0.5, 0.6) is 0 Å². The third-order valence-corrected chi connectivity index (χ3v) is 4.26. The maximum atomic E-state index is 11.0. The third kappa shape index (κ3) is 2.35. The van der Waals surface area contributed by atoms with Crippen LogP contribution < -0.4 is 5.46 Å². The molecule has 0 atom stereocenters. The van der Waals surface area contributed by atoms with Gasteiger partial charge in [-0.2, -0.15) is 0 Å². The Morgan fingerprint density at radius 3 is 1.79 bits per heavy atom. The molecule has 19 heavy (non-hydrogen) atoms. The van der Waals surface area contributed by atoms with E-state index in [4.69, 9.17) is 9.31 Å². The lowest BCUT2D eigenvalue weighted by atomic mass is 9.77. The topological polar surface area (TPSA) is 35.5 Å². The van der Waals surface area contributed by atoms with Crippen molar-refractivity contribution >= 4 is 18.9 Å². The normalized spacial score (nSPS) is 20.6. The van der Waals surface area contributed by atoms with E-state index >= 15 is 0 Å². The highest BCUT2D eigenvalue weighted by atomic mass is 16.7. The molecule has 3 nitrogen and oxygen atoms in total. The van der Waals surface area contributed by atoms with Gasteiger partial charge in [0, 0.05) is 5.56 Å². The number of aryl methyl sites for hydroxylation is 2. The lowest BCUT2D eigenvalue weighted by molar-refractivity contribution is 0.00578. The van der Waals surface area contributed by atoms with E-state index in [2.05, 4.69) is 0 Å². The molecule has 1 aliphatic rings. The van der Waals surface area contributed by atoms with E-state index in [0.717, 1.165) is 28.4 Å². The number of hydrogen-bond donors (Lipinski definition) is 0. The second kappa shape index (κ2) is 4.46. The molecule has 1 aromatic rings. The number of hydrogen-bond acceptors (Lipinski definition) is 3. The van der Waals surface area contributed by atoms with Crippen molar-refractivity contribution in [1.29, 1.82) is 0 Å². The maximum Gasteiger partial charge on any atom is 0.494 e. The molecular formula is C15H21BO3. The summed E-state index contributed by atoms with van der Waals surface area (Å²) in [5.74, 6) is 0. The van der Waals surface area contributed by atoms with Crippen LogP contribution in [-0.2, 0) is 9.31 Å². The Labute approximate surface area is 115 Å². The van der Waals surface area contributed by atoms with E-state index in [1.807, 2.05) is 53.7 Å². The molecule has 102 valence electrons. The van der Waals surface area contributed by atoms with Crippen LogP contribution in [0.3, 0.4) is 0 Å². The van der Waals surface area contributed by atoms with Crippen LogP contribution in [0.25, 0.3) is 0 Å². The first-order valence-electron chi connectivity index (χ1n) is 6.60. The predicted molar refractivity (Wildman–Crippen MR) is 77.0 cm³/mol. The number of carbonyl (C=O) groups excluding carboxylic acids is 1. The molecule has 0 aromatic heterocycles. The Balaban J connectivity index is 2.38. The van der Waals surface area contributed by atoms with Gasteiger partial charge in [0.25, 0.3) is 0 Å². The van der Waals surface area contributed by atoms with E-state index in [-0.39, 0.29) is 18.3 Å². The number of benzene rings is 1. The summed E-state index contributed by atoms with van der Waals surface area (Å²) in [5.41, 5.74) is 2.95. The molecule has 1 heterocycles. The zero-order valence-electron chi connectivity index (χ0n) is 12.5. The van der Waals surface area contributed by atoms with Crippen molar-refractivity contribution in [3.05, 3.63) is 28.8 Å². The quantitative estimate of drug-likeness (QED) is 0.605. The highest BCUT2D eigenvalue weighted by molar-refractivity contribution is 6.62. The molecule has 1 fully saturated rings. The standard InChI is InChI=1S/C15H21BO3/c1-10-7-12(8-11(2)13(10)9-17)16-18-14(3,4)15(5,6)19-16/h7-9H,1-6H3. The van der Waals surface area contributed by atoms with Gasteiger partial charge in [-0.15, -0.1) is 0 Å². The first kappa shape index (κ1) is 14.3. The van der Waals surface area contributed by atoms with Gasteiger partial charge in [0.2, 0.25) is 0 Å². The monoisotopic (exact) mass is 260 g/mol. The van der Waals surface area contributed by atoms with Crippen LogP contribution in [-0.4, -0.2) is 24.6 Å². The predicted octanol–water partition coefficient (Wildman–Crippen LogP) is 2.42. The summed E-state index contributed by atoms with van der Waals surface area (Å²) < 4.78 is 12.0. The van der Waals surface area contributed by atoms with E-state index in [1.165, 1.54) is 0 Å². The average Bonchev–Trinajstić information content (AvgIpc) is 2.47. The molecular weight excluding hydrogens is 239 g/mol. The first-order chi connectivity index (χ1) is 8.68. The minimum atomic E-state index is -0.372. The second-order valence-electron chi connectivity index (χ2n) is 6.27. The Morgan fingerprint density at radius 1 is 1.00 bits per heavy atom. The van der Waals surface area contributed by atoms with Crippen LogP contribution in [0.1, 0.15) is 49.2 Å². The van der Waals surface area contributed by atoms with Crippen molar-refractivity contribution < 1.29 is 14.1 Å². The molecule has 1 aromatic carbocycles. The fourth-order valence-corrected chi connectivity index (χ4v) is 2.31. The molecule has 0 amide bonds. The van der Waals surface area contributed by atoms with Gasteiger partial charge in [-0.3, -0.25) is 4.79 Å². The van der Waals surface area contributed by atoms with Gasteiger partial charge >= 0.3 is 7.12 Å². The van der Waals surface area contributed by atoms with Crippen molar-refractivity contribution in [2.75, 3.05) is 0 Å². The lowest BCUT2D eigenvalue weighted by Crippen LogP contribution is -2.41. The second-order valence-corrected chi connectivity index (χ2v) is 6.27. The van der Waals surface area contributed by atoms with Crippen molar-refractivity contribution in [1.82, 2.24) is 0 Å². The van der Waals surface area contributed by atoms with E-state index < -0.39 is 0 Å². The Kier molecular flexibility index (Phi) is 3.35. The van der Waals surface area contributed by atoms with Crippen molar-refractivity contribution in [3.63, 3.8) is 0 Å². The third-order valence-electron chi connectivity index (χ3n) is 4.26. The molecule has 0 aliphatic carbocycles. The van der Waals surface area contributed by atoms with Gasteiger partial charge in [-0.1, -0.05) is 12.1 Å². The Hall–Kier alpha value is -1.13. The number of rotatable bonds is 2. The summed E-state index contributed by atoms with van der Waals surface area (Å²) in [6.07, 6.45) is 0.901. The van der Waals surface area contributed by atoms with Gasteiger partial charge in [0.1, 0.15) is 0 Å². The Bertz CT molecular complexity index is 481. The fraction of sp³-hybridized carbons (Fsp3) is 0.533. The molecule has 2 rings (SSSR count). The molecule has 0 bridgehead atoms. The van der Waals surface area contributed by atoms with Gasteiger partial charge in [0.15, 0.2) is 6.29 Å². The van der Waals surface area contributed by atoms with Gasteiger partial charge in [-0.25, -0.2) is 0 Å². The minimum Gasteiger partial charge on any atom is -0.399 e. The van der Waals surface area contributed by atoms with Crippen molar-refractivity contribution in [2.24, 2.45) is 0 Å². The highest BCUT2D eigenvalue weighted by Gasteiger charge is 2.51. The molecule has 4 heteroatoms. The SMILES string of the molecule is Cc1cc(B2OC(C)(C)C(C)(C)O2)cc(C)c1C=O. The minimum absolute atomic E-state index is 0.344. The van der Waals surface area contributed by atoms with Crippen LogP contribution in [0.15, 0.2) is 12.1 Å². The van der Waals surface area contributed by atoms with Gasteiger partial charge in [-0.05, 0) is 58.1 Å². The average molecular weight is 260 g/mol. The van der Waals surface area contributed by atoms with Crippen molar-refractivity contribution in [3.8, 4) is 0 Å². The number of aldehydes is 1. The molecule has 0 radical (unpaired) electrons. The maximum absolute atomic E-state index is 11.0. The summed E-state index contributed by atoms with van der Waals surface area (Å²) in [7, 11) is -0.372. The summed E-state index contributed by atoms with van der Waals surface area (Å²) in [5, 5.41) is 0. The van der Waals surface area contributed by atoms with E-state index in [0.29, 0.717) is 0 Å². The smallest absolute Gasteiger partial charge is 0.399 e. The highest BCUT2D eigenvalue weighted by Crippen LogP contribution is 2.36. The largest absolute Gasteiger partial charge is 0.494 e. The molecule has 0 N–H and O–H groups in total. The molecule has 0 spiro atoms. The molecule has 1 saturated heterocycles. The molecule has 1 aliphatic heterocycles. The lowest BCUT2D eigenvalue weighted by Gasteiger charge is -2.32. The summed E-state index contributed by atoms with van der Waals surface area (Å²) in [4.78, 5) is 11.0. The summed E-state index contributed by atoms with van der Waals surface area (Å²) in [6.45, 7) is 12.0. The van der Waals surface area contributed by atoms with Crippen LogP contribution >= 0.6 is 0 Å². The number of carbonyl (C=O) groups is 1. The van der Waals surface area contributed by atoms with Gasteiger partial charge in [0.05, 0.1) is 11.2 Å². The molecule has 0 unspecified atom stereocenters.